The summed E-state index contributed by atoms with van der Waals surface area (Å²) < 4.78 is 5.45. The second-order valence-corrected chi connectivity index (χ2v) is 9.06. The molecule has 1 atom stereocenters. The number of carbonyl (C=O) groups is 1. The second kappa shape index (κ2) is 8.81. The molecule has 1 amide bonds. The van der Waals surface area contributed by atoms with Crippen LogP contribution in [0.15, 0.2) is 47.6 Å². The highest BCUT2D eigenvalue weighted by atomic mass is 16.5. The van der Waals surface area contributed by atoms with E-state index in [0.29, 0.717) is 19.0 Å². The number of aromatic nitrogens is 1. The number of amidine groups is 1. The fraction of sp³-hybridized carbons (Fsp3) is 0.480. The Bertz CT molecular complexity index is 1020. The molecule has 3 heterocycles. The third-order valence-electron chi connectivity index (χ3n) is 6.89. The number of anilines is 2. The molecule has 5 rings (SSSR count). The largest absolute Gasteiger partial charge is 0.496 e. The lowest BCUT2D eigenvalue weighted by molar-refractivity contribution is -0.131. The van der Waals surface area contributed by atoms with Crippen molar-refractivity contribution in [3.63, 3.8) is 0 Å². The molecule has 1 saturated heterocycles. The molecule has 2 N–H and O–H groups in total. The molecule has 7 heteroatoms. The molecule has 1 aliphatic carbocycles. The van der Waals surface area contributed by atoms with E-state index in [1.807, 2.05) is 41.3 Å². The highest BCUT2D eigenvalue weighted by molar-refractivity contribution is 6.09. The van der Waals surface area contributed by atoms with Crippen LogP contribution in [0, 0.1) is 0 Å². The number of nitrogens with zero attached hydrogens (tertiary/aromatic N) is 3. The van der Waals surface area contributed by atoms with Crippen molar-refractivity contribution in [2.75, 3.05) is 30.8 Å². The third kappa shape index (κ3) is 4.04. The van der Waals surface area contributed by atoms with E-state index in [0.717, 1.165) is 60.9 Å². The average molecular weight is 434 g/mol. The number of ether oxygens (including phenoxy) is 1. The first-order valence-corrected chi connectivity index (χ1v) is 11.6. The molecular weight excluding hydrogens is 402 g/mol. The van der Waals surface area contributed by atoms with Crippen LogP contribution in [-0.4, -0.2) is 53.4 Å². The zero-order chi connectivity index (χ0) is 22.0. The van der Waals surface area contributed by atoms with Crippen LogP contribution >= 0.6 is 0 Å². The van der Waals surface area contributed by atoms with Crippen molar-refractivity contribution in [2.24, 2.45) is 4.99 Å². The number of rotatable bonds is 4. The zero-order valence-electron chi connectivity index (χ0n) is 18.6. The number of methoxy groups -OCH3 is 1. The topological polar surface area (TPSA) is 78.8 Å². The molecule has 2 fully saturated rings. The molecule has 0 radical (unpaired) electrons. The minimum Gasteiger partial charge on any atom is -0.496 e. The lowest BCUT2D eigenvalue weighted by Crippen LogP contribution is -2.63. The molecule has 168 valence electrons. The minimum atomic E-state index is -0.409. The summed E-state index contributed by atoms with van der Waals surface area (Å²) in [6.07, 6.45) is 8.72. The molecule has 1 aromatic carbocycles. The molecule has 2 aliphatic heterocycles. The maximum absolute atomic E-state index is 13.3. The van der Waals surface area contributed by atoms with Gasteiger partial charge in [0.2, 0.25) is 5.91 Å². The van der Waals surface area contributed by atoms with Crippen molar-refractivity contribution >= 4 is 23.2 Å². The molecular formula is C25H31N5O2. The van der Waals surface area contributed by atoms with Crippen LogP contribution in [0.2, 0.25) is 0 Å². The number of pyridine rings is 1. The van der Waals surface area contributed by atoms with Crippen LogP contribution in [0.1, 0.15) is 44.1 Å². The smallest absolute Gasteiger partial charge is 0.227 e. The molecule has 1 saturated carbocycles. The van der Waals surface area contributed by atoms with E-state index in [2.05, 4.69) is 15.6 Å². The van der Waals surface area contributed by atoms with Crippen molar-refractivity contribution in [3.8, 4) is 5.75 Å². The van der Waals surface area contributed by atoms with E-state index >= 15 is 0 Å². The number of aliphatic imine (C=N–C) groups is 1. The van der Waals surface area contributed by atoms with Crippen molar-refractivity contribution in [1.29, 1.82) is 0 Å². The van der Waals surface area contributed by atoms with E-state index in [1.54, 1.807) is 13.3 Å². The Morgan fingerprint density at radius 1 is 1.22 bits per heavy atom. The summed E-state index contributed by atoms with van der Waals surface area (Å²) in [5, 5.41) is 7.26. The summed E-state index contributed by atoms with van der Waals surface area (Å²) in [4.78, 5) is 25.0. The Morgan fingerprint density at radius 3 is 2.91 bits per heavy atom. The van der Waals surface area contributed by atoms with E-state index < -0.39 is 5.54 Å². The van der Waals surface area contributed by atoms with Gasteiger partial charge < -0.3 is 20.3 Å². The van der Waals surface area contributed by atoms with Crippen molar-refractivity contribution in [2.45, 2.75) is 56.5 Å². The Balaban J connectivity index is 1.42. The number of benzene rings is 1. The van der Waals surface area contributed by atoms with Crippen LogP contribution in [0.4, 0.5) is 11.5 Å². The van der Waals surface area contributed by atoms with Gasteiger partial charge in [-0.1, -0.05) is 31.0 Å². The predicted octanol–water partition coefficient (Wildman–Crippen LogP) is 3.87. The van der Waals surface area contributed by atoms with E-state index in [9.17, 15) is 4.79 Å². The number of hydrogen-bond acceptors (Lipinski definition) is 5. The zero-order valence-corrected chi connectivity index (χ0v) is 18.6. The summed E-state index contributed by atoms with van der Waals surface area (Å²) in [6, 6.07) is 12.1. The molecule has 3 aliphatic rings. The average Bonchev–Trinajstić information content (AvgIpc) is 3.33. The van der Waals surface area contributed by atoms with E-state index in [4.69, 9.17) is 9.73 Å². The highest BCUT2D eigenvalue weighted by Gasteiger charge is 2.45. The van der Waals surface area contributed by atoms with Gasteiger partial charge in [-0.25, -0.2) is 4.98 Å². The van der Waals surface area contributed by atoms with Gasteiger partial charge in [0.15, 0.2) is 5.82 Å². The Labute approximate surface area is 189 Å². The number of para-hydroxylation sites is 1. The molecule has 32 heavy (non-hydrogen) atoms. The minimum absolute atomic E-state index is 0.118. The summed E-state index contributed by atoms with van der Waals surface area (Å²) in [5.74, 6) is 2.62. The Hall–Kier alpha value is -3.09. The lowest BCUT2D eigenvalue weighted by atomic mass is 9.85. The number of carbonyl (C=O) groups excluding carboxylic acids is 1. The predicted molar refractivity (Wildman–Crippen MR) is 126 cm³/mol. The number of amides is 1. The van der Waals surface area contributed by atoms with Gasteiger partial charge in [0, 0.05) is 18.3 Å². The summed E-state index contributed by atoms with van der Waals surface area (Å²) in [5.41, 5.74) is 1.48. The molecule has 7 nitrogen and oxygen atoms in total. The second-order valence-electron chi connectivity index (χ2n) is 9.06. The number of hydrogen-bond donors (Lipinski definition) is 2. The Morgan fingerprint density at radius 2 is 2.06 bits per heavy atom. The first kappa shape index (κ1) is 20.8. The van der Waals surface area contributed by atoms with Gasteiger partial charge in [0.25, 0.3) is 0 Å². The first-order chi connectivity index (χ1) is 15.7. The maximum atomic E-state index is 13.3. The summed E-state index contributed by atoms with van der Waals surface area (Å²) in [6.45, 7) is 1.35. The van der Waals surface area contributed by atoms with E-state index in [1.165, 1.54) is 12.8 Å². The van der Waals surface area contributed by atoms with Crippen LogP contribution in [-0.2, 0) is 11.2 Å². The van der Waals surface area contributed by atoms with Gasteiger partial charge >= 0.3 is 0 Å². The Kier molecular flexibility index (Phi) is 5.72. The third-order valence-corrected chi connectivity index (χ3v) is 6.89. The fourth-order valence-corrected chi connectivity index (χ4v) is 5.21. The van der Waals surface area contributed by atoms with Gasteiger partial charge in [0.05, 0.1) is 31.8 Å². The highest BCUT2D eigenvalue weighted by Crippen LogP contribution is 2.36. The van der Waals surface area contributed by atoms with E-state index in [-0.39, 0.29) is 5.91 Å². The molecule has 1 unspecified atom stereocenters. The molecule has 0 bridgehead atoms. The first-order valence-electron chi connectivity index (χ1n) is 11.6. The number of nitrogens with one attached hydrogen (secondary N) is 2. The molecule has 1 spiro atoms. The monoisotopic (exact) mass is 433 g/mol. The van der Waals surface area contributed by atoms with Crippen LogP contribution < -0.4 is 15.4 Å². The van der Waals surface area contributed by atoms with Gasteiger partial charge in [-0.2, -0.15) is 0 Å². The van der Waals surface area contributed by atoms with Crippen molar-refractivity contribution in [3.05, 3.63) is 48.2 Å². The van der Waals surface area contributed by atoms with Crippen molar-refractivity contribution < 1.29 is 9.53 Å². The lowest BCUT2D eigenvalue weighted by Gasteiger charge is -2.47. The SMILES string of the molecule is COc1ccccc1CC(=O)N1CCCC2(C1)Nc1cccnc1NC2=NC1CCCC1. The quantitative estimate of drug-likeness (QED) is 0.765. The van der Waals surface area contributed by atoms with Gasteiger partial charge in [0.1, 0.15) is 17.1 Å². The van der Waals surface area contributed by atoms with Crippen molar-refractivity contribution in [1.82, 2.24) is 9.88 Å². The fourth-order valence-electron chi connectivity index (χ4n) is 5.21. The summed E-state index contributed by atoms with van der Waals surface area (Å²) in [7, 11) is 1.65. The molecule has 2 aromatic rings. The molecule has 1 aromatic heterocycles. The number of likely N-dealkylation sites (tertiary alicyclic amines) is 1. The normalized spacial score (nSPS) is 24.2. The number of piperidine rings is 1. The van der Waals surface area contributed by atoms with Gasteiger partial charge in [-0.05, 0) is 43.9 Å². The number of fused-ring (bicyclic) bond motifs is 1. The van der Waals surface area contributed by atoms with Gasteiger partial charge in [-0.3, -0.25) is 9.79 Å². The van der Waals surface area contributed by atoms with Crippen LogP contribution in [0.5, 0.6) is 5.75 Å². The standard InChI is InChI=1S/C25H31N5O2/c1-32-21-12-5-2-8-18(21)16-22(31)30-15-7-13-25(17-30)24(27-19-9-3-4-10-19)28-23-20(29-25)11-6-14-26-23/h2,5-6,8,11-12,14,19,29H,3-4,7,9-10,13,15-17H2,1H3,(H,26,27,28). The van der Waals surface area contributed by atoms with Gasteiger partial charge in [-0.15, -0.1) is 0 Å². The van der Waals surface area contributed by atoms with Crippen LogP contribution in [0.3, 0.4) is 0 Å². The van der Waals surface area contributed by atoms with Crippen LogP contribution in [0.25, 0.3) is 0 Å². The summed E-state index contributed by atoms with van der Waals surface area (Å²) >= 11 is 0. The maximum Gasteiger partial charge on any atom is 0.227 e.